The standard InChI is InChI=1S/C26H30BrN7O4S/c1-15(35)33-7-2-3-18(33)25(36)32-8-4-16(5-9-32)6-10-34-24-22(23(28)29-13-30-24)31-26(34)39-21-12-20-19(11-17(21)27)37-14-38-20/h11-13,16,18H,2-10,14H2,1H3,(H2,28,29,30). The number of halogens is 1. The first-order valence-electron chi connectivity index (χ1n) is 13.2. The molecular formula is C26H30BrN7O4S. The third-order valence-corrected chi connectivity index (χ3v) is 9.75. The molecule has 1 aromatic carbocycles. The first-order valence-corrected chi connectivity index (χ1v) is 14.8. The third-order valence-electron chi connectivity index (χ3n) is 7.78. The Hall–Kier alpha value is -3.06. The van der Waals surface area contributed by atoms with Gasteiger partial charge in [0.25, 0.3) is 0 Å². The molecule has 0 aliphatic carbocycles. The molecule has 0 saturated carbocycles. The number of amides is 2. The fourth-order valence-electron chi connectivity index (χ4n) is 5.65. The molecule has 5 heterocycles. The summed E-state index contributed by atoms with van der Waals surface area (Å²) in [7, 11) is 0. The maximum Gasteiger partial charge on any atom is 0.245 e. The van der Waals surface area contributed by atoms with Crippen molar-refractivity contribution in [3.8, 4) is 11.5 Å². The van der Waals surface area contributed by atoms with Crippen molar-refractivity contribution >= 4 is 56.5 Å². The zero-order chi connectivity index (χ0) is 27.1. The van der Waals surface area contributed by atoms with Crippen molar-refractivity contribution in [2.75, 3.05) is 32.2 Å². The van der Waals surface area contributed by atoms with Crippen LogP contribution in [-0.2, 0) is 16.1 Å². The van der Waals surface area contributed by atoms with Gasteiger partial charge in [0.1, 0.15) is 12.4 Å². The Morgan fingerprint density at radius 2 is 1.90 bits per heavy atom. The molecule has 2 N–H and O–H groups in total. The normalized spacial score (nSPS) is 19.3. The van der Waals surface area contributed by atoms with Gasteiger partial charge < -0.3 is 29.6 Å². The molecule has 1 atom stereocenters. The summed E-state index contributed by atoms with van der Waals surface area (Å²) in [5, 5.41) is 0.773. The van der Waals surface area contributed by atoms with Crippen molar-refractivity contribution in [3.63, 3.8) is 0 Å². The van der Waals surface area contributed by atoms with Crippen LogP contribution in [0.3, 0.4) is 0 Å². The lowest BCUT2D eigenvalue weighted by atomic mass is 9.93. The van der Waals surface area contributed by atoms with Crippen LogP contribution in [0.15, 0.2) is 33.0 Å². The van der Waals surface area contributed by atoms with Gasteiger partial charge in [-0.15, -0.1) is 0 Å². The highest BCUT2D eigenvalue weighted by molar-refractivity contribution is 9.10. The number of nitrogen functional groups attached to an aromatic ring is 1. The van der Waals surface area contributed by atoms with Crippen LogP contribution in [0, 0.1) is 5.92 Å². The smallest absolute Gasteiger partial charge is 0.245 e. The number of carbonyl (C=O) groups excluding carboxylic acids is 2. The van der Waals surface area contributed by atoms with E-state index in [0.717, 1.165) is 66.3 Å². The number of aromatic nitrogens is 4. The third kappa shape index (κ3) is 5.13. The van der Waals surface area contributed by atoms with Crippen LogP contribution in [0.25, 0.3) is 11.2 Å². The molecule has 3 aliphatic heterocycles. The van der Waals surface area contributed by atoms with Crippen LogP contribution in [0.5, 0.6) is 11.5 Å². The number of hydrogen-bond donors (Lipinski definition) is 1. The number of likely N-dealkylation sites (tertiary alicyclic amines) is 2. The van der Waals surface area contributed by atoms with E-state index in [0.29, 0.717) is 40.9 Å². The fraction of sp³-hybridized carbons (Fsp3) is 0.500. The number of carbonyl (C=O) groups is 2. The predicted molar refractivity (Wildman–Crippen MR) is 148 cm³/mol. The number of benzene rings is 1. The lowest BCUT2D eigenvalue weighted by molar-refractivity contribution is -0.143. The van der Waals surface area contributed by atoms with Gasteiger partial charge in [0.2, 0.25) is 18.6 Å². The Labute approximate surface area is 238 Å². The average molecular weight is 617 g/mol. The number of imidazole rings is 1. The van der Waals surface area contributed by atoms with Gasteiger partial charge >= 0.3 is 0 Å². The number of nitrogens with two attached hydrogens (primary N) is 1. The topological polar surface area (TPSA) is 129 Å². The van der Waals surface area contributed by atoms with Crippen LogP contribution >= 0.6 is 27.7 Å². The van der Waals surface area contributed by atoms with E-state index < -0.39 is 0 Å². The molecule has 0 spiro atoms. The zero-order valence-electron chi connectivity index (χ0n) is 21.6. The quantitative estimate of drug-likeness (QED) is 0.441. The number of fused-ring (bicyclic) bond motifs is 2. The summed E-state index contributed by atoms with van der Waals surface area (Å²) in [4.78, 5) is 43.1. The molecule has 0 bridgehead atoms. The minimum absolute atomic E-state index is 0.0146. The summed E-state index contributed by atoms with van der Waals surface area (Å²) in [6, 6.07) is 3.55. The number of nitrogens with zero attached hydrogens (tertiary/aromatic N) is 6. The maximum atomic E-state index is 13.1. The molecule has 2 aromatic heterocycles. The molecule has 206 valence electrons. The van der Waals surface area contributed by atoms with E-state index in [1.54, 1.807) is 11.8 Å². The molecule has 2 amide bonds. The number of hydrogen-bond acceptors (Lipinski definition) is 9. The second-order valence-electron chi connectivity index (χ2n) is 10.1. The summed E-state index contributed by atoms with van der Waals surface area (Å²) in [6.45, 7) is 4.60. The fourth-order valence-corrected chi connectivity index (χ4v) is 7.16. The van der Waals surface area contributed by atoms with E-state index in [1.165, 1.54) is 18.1 Å². The summed E-state index contributed by atoms with van der Waals surface area (Å²) >= 11 is 5.15. The van der Waals surface area contributed by atoms with E-state index in [9.17, 15) is 9.59 Å². The van der Waals surface area contributed by atoms with E-state index in [1.807, 2.05) is 17.0 Å². The Kier molecular flexibility index (Phi) is 7.27. The van der Waals surface area contributed by atoms with Gasteiger partial charge in [-0.25, -0.2) is 15.0 Å². The molecule has 0 radical (unpaired) electrons. The van der Waals surface area contributed by atoms with Gasteiger partial charge in [-0.05, 0) is 66.1 Å². The predicted octanol–water partition coefficient (Wildman–Crippen LogP) is 3.69. The van der Waals surface area contributed by atoms with Gasteiger partial charge in [0.05, 0.1) is 0 Å². The minimum Gasteiger partial charge on any atom is -0.454 e. The van der Waals surface area contributed by atoms with Gasteiger partial charge in [-0.2, -0.15) is 0 Å². The molecule has 1 unspecified atom stereocenters. The summed E-state index contributed by atoms with van der Waals surface area (Å²) < 4.78 is 14.0. The largest absolute Gasteiger partial charge is 0.454 e. The van der Waals surface area contributed by atoms with Gasteiger partial charge in [0.15, 0.2) is 33.6 Å². The van der Waals surface area contributed by atoms with Crippen LogP contribution < -0.4 is 15.2 Å². The molecule has 11 nitrogen and oxygen atoms in total. The van der Waals surface area contributed by atoms with E-state index >= 15 is 0 Å². The van der Waals surface area contributed by atoms with Crippen molar-refractivity contribution in [2.45, 2.75) is 61.7 Å². The van der Waals surface area contributed by atoms with Crippen LogP contribution in [0.4, 0.5) is 5.82 Å². The van der Waals surface area contributed by atoms with Crippen molar-refractivity contribution < 1.29 is 19.1 Å². The lowest BCUT2D eigenvalue weighted by Crippen LogP contribution is -2.49. The molecule has 13 heteroatoms. The second kappa shape index (κ2) is 10.8. The van der Waals surface area contributed by atoms with Gasteiger partial charge in [-0.3, -0.25) is 9.59 Å². The molecular weight excluding hydrogens is 586 g/mol. The van der Waals surface area contributed by atoms with Crippen molar-refractivity contribution in [2.24, 2.45) is 5.92 Å². The number of aryl methyl sites for hydroxylation is 1. The van der Waals surface area contributed by atoms with Crippen molar-refractivity contribution in [1.82, 2.24) is 29.3 Å². The van der Waals surface area contributed by atoms with Crippen LogP contribution in [0.1, 0.15) is 39.0 Å². The van der Waals surface area contributed by atoms with Crippen molar-refractivity contribution in [1.29, 1.82) is 0 Å². The summed E-state index contributed by atoms with van der Waals surface area (Å²) in [6.07, 6.45) is 5.91. The van der Waals surface area contributed by atoms with Crippen LogP contribution in [-0.4, -0.2) is 73.6 Å². The van der Waals surface area contributed by atoms with E-state index in [4.69, 9.17) is 20.2 Å². The Morgan fingerprint density at radius 3 is 2.67 bits per heavy atom. The Bertz CT molecular complexity index is 1430. The monoisotopic (exact) mass is 615 g/mol. The molecule has 3 aromatic rings. The highest BCUT2D eigenvalue weighted by atomic mass is 79.9. The maximum absolute atomic E-state index is 13.1. The number of ether oxygens (including phenoxy) is 2. The molecule has 39 heavy (non-hydrogen) atoms. The van der Waals surface area contributed by atoms with Gasteiger partial charge in [0, 0.05) is 42.5 Å². The molecule has 3 aliphatic rings. The lowest BCUT2D eigenvalue weighted by Gasteiger charge is -2.35. The molecule has 2 saturated heterocycles. The van der Waals surface area contributed by atoms with E-state index in [-0.39, 0.29) is 24.6 Å². The van der Waals surface area contributed by atoms with Crippen molar-refractivity contribution in [3.05, 3.63) is 22.9 Å². The Balaban J connectivity index is 1.15. The van der Waals surface area contributed by atoms with Gasteiger partial charge in [-0.1, -0.05) is 11.8 Å². The summed E-state index contributed by atoms with van der Waals surface area (Å²) in [5.41, 5.74) is 7.45. The SMILES string of the molecule is CC(=O)N1CCCC1C(=O)N1CCC(CCn2c(Sc3cc4c(cc3Br)OCO4)nc3c(N)ncnc32)CC1. The highest BCUT2D eigenvalue weighted by Crippen LogP contribution is 2.43. The average Bonchev–Trinajstić information content (AvgIpc) is 3.67. The second-order valence-corrected chi connectivity index (χ2v) is 12.0. The highest BCUT2D eigenvalue weighted by Gasteiger charge is 2.36. The van der Waals surface area contributed by atoms with Crippen LogP contribution in [0.2, 0.25) is 0 Å². The first-order chi connectivity index (χ1) is 18.9. The number of piperidine rings is 1. The number of rotatable bonds is 6. The minimum atomic E-state index is -0.295. The Morgan fingerprint density at radius 1 is 1.13 bits per heavy atom. The molecule has 6 rings (SSSR count). The number of anilines is 1. The summed E-state index contributed by atoms with van der Waals surface area (Å²) in [5.74, 6) is 2.31. The first kappa shape index (κ1) is 26.2. The van der Waals surface area contributed by atoms with E-state index in [2.05, 4.69) is 30.5 Å². The zero-order valence-corrected chi connectivity index (χ0v) is 24.0. The molecule has 2 fully saturated rings.